The number of ether oxygens (including phenoxy) is 1. The fourth-order valence-corrected chi connectivity index (χ4v) is 5.08. The molecule has 1 fully saturated rings. The lowest BCUT2D eigenvalue weighted by Gasteiger charge is -2.44. The van der Waals surface area contributed by atoms with Crippen LogP contribution in [0.5, 0.6) is 5.75 Å². The van der Waals surface area contributed by atoms with Crippen molar-refractivity contribution in [3.63, 3.8) is 0 Å². The average molecular weight is 527 g/mol. The molecule has 8 nitrogen and oxygen atoms in total. The van der Waals surface area contributed by atoms with Gasteiger partial charge in [0.2, 0.25) is 10.0 Å². The summed E-state index contributed by atoms with van der Waals surface area (Å²) in [4.78, 5) is 17.1. The molecule has 2 aromatic carbocycles. The summed E-state index contributed by atoms with van der Waals surface area (Å²) in [6.45, 7) is 5.75. The third-order valence-electron chi connectivity index (χ3n) is 5.98. The third kappa shape index (κ3) is 7.88. The Morgan fingerprint density at radius 3 is 2.57 bits per heavy atom. The number of nitrogens with two attached hydrogens (primary N) is 1. The quantitative estimate of drug-likeness (QED) is 0.492. The number of hydrogen-bond acceptors (Lipinski definition) is 6. The number of hydrogen-bond donors (Lipinski definition) is 2. The van der Waals surface area contributed by atoms with Crippen molar-refractivity contribution >= 4 is 27.5 Å². The minimum atomic E-state index is -3.52. The summed E-state index contributed by atoms with van der Waals surface area (Å²) in [7, 11) is -3.52. The average Bonchev–Trinajstić information content (AvgIpc) is 2.80. The Balaban J connectivity index is 1.59. The second-order valence-electron chi connectivity index (χ2n) is 8.77. The summed E-state index contributed by atoms with van der Waals surface area (Å²) in [5.41, 5.74) is 6.88. The van der Waals surface area contributed by atoms with Gasteiger partial charge in [0.15, 0.2) is 6.61 Å². The van der Waals surface area contributed by atoms with Gasteiger partial charge in [-0.3, -0.25) is 9.69 Å². The standard InChI is InChI=1S/C24H32ClFN4O4S/c1-17-14-30(18(2)13-29(17)15-19-3-6-22(26)7-4-19)24(31)16-34-23-8-5-21(25)11-20(23)12-28-35(32,33)10-9-27/h3-8,11,17-18,28H,9-10,12-16,27H2,1-2H3/t17-,18+/m0/s1. The van der Waals surface area contributed by atoms with Gasteiger partial charge in [0.05, 0.1) is 5.75 Å². The van der Waals surface area contributed by atoms with Gasteiger partial charge in [-0.05, 0) is 49.7 Å². The van der Waals surface area contributed by atoms with Crippen LogP contribution in [0.2, 0.25) is 5.02 Å². The summed E-state index contributed by atoms with van der Waals surface area (Å²) in [6.07, 6.45) is 0. The van der Waals surface area contributed by atoms with Crippen LogP contribution in [0.4, 0.5) is 4.39 Å². The van der Waals surface area contributed by atoms with Crippen LogP contribution in [0.25, 0.3) is 0 Å². The van der Waals surface area contributed by atoms with Crippen LogP contribution in [-0.4, -0.2) is 68.2 Å². The molecule has 0 spiro atoms. The van der Waals surface area contributed by atoms with Crippen molar-refractivity contribution in [2.45, 2.75) is 39.0 Å². The van der Waals surface area contributed by atoms with Crippen LogP contribution in [0.15, 0.2) is 42.5 Å². The highest BCUT2D eigenvalue weighted by Crippen LogP contribution is 2.24. The first-order chi connectivity index (χ1) is 16.6. The van der Waals surface area contributed by atoms with E-state index in [4.69, 9.17) is 22.1 Å². The number of carbonyl (C=O) groups excluding carboxylic acids is 1. The zero-order valence-corrected chi connectivity index (χ0v) is 21.5. The highest BCUT2D eigenvalue weighted by molar-refractivity contribution is 7.89. The molecule has 1 amide bonds. The predicted molar refractivity (Wildman–Crippen MR) is 134 cm³/mol. The van der Waals surface area contributed by atoms with Crippen molar-refractivity contribution in [3.05, 3.63) is 64.4 Å². The Morgan fingerprint density at radius 2 is 1.89 bits per heavy atom. The molecule has 192 valence electrons. The van der Waals surface area contributed by atoms with Crippen LogP contribution >= 0.6 is 11.6 Å². The largest absolute Gasteiger partial charge is 0.483 e. The van der Waals surface area contributed by atoms with E-state index in [0.29, 0.717) is 36.0 Å². The number of rotatable bonds is 10. The van der Waals surface area contributed by atoms with Crippen LogP contribution in [0.3, 0.4) is 0 Å². The molecular weight excluding hydrogens is 495 g/mol. The fourth-order valence-electron chi connectivity index (χ4n) is 4.05. The Labute approximate surface area is 211 Å². The Kier molecular flexibility index (Phi) is 9.48. The van der Waals surface area contributed by atoms with E-state index in [-0.39, 0.29) is 49.3 Å². The maximum Gasteiger partial charge on any atom is 0.260 e. The molecule has 2 atom stereocenters. The summed E-state index contributed by atoms with van der Waals surface area (Å²) < 4.78 is 45.4. The van der Waals surface area contributed by atoms with Gasteiger partial charge in [0.25, 0.3) is 5.91 Å². The number of nitrogens with one attached hydrogen (secondary N) is 1. The van der Waals surface area contributed by atoms with Crippen molar-refractivity contribution in [1.29, 1.82) is 0 Å². The molecule has 0 aromatic heterocycles. The maximum absolute atomic E-state index is 13.2. The van der Waals surface area contributed by atoms with E-state index >= 15 is 0 Å². The molecule has 2 aromatic rings. The lowest BCUT2D eigenvalue weighted by molar-refractivity contribution is -0.139. The van der Waals surface area contributed by atoms with Crippen molar-refractivity contribution in [1.82, 2.24) is 14.5 Å². The van der Waals surface area contributed by atoms with Crippen LogP contribution in [-0.2, 0) is 27.9 Å². The first-order valence-electron chi connectivity index (χ1n) is 11.4. The molecule has 0 aliphatic carbocycles. The van der Waals surface area contributed by atoms with Crippen molar-refractivity contribution in [3.8, 4) is 5.75 Å². The molecule has 1 aliphatic heterocycles. The number of halogens is 2. The number of carbonyl (C=O) groups is 1. The summed E-state index contributed by atoms with van der Waals surface area (Å²) >= 11 is 6.08. The minimum Gasteiger partial charge on any atom is -0.483 e. The van der Waals surface area contributed by atoms with Gasteiger partial charge in [-0.1, -0.05) is 23.7 Å². The first kappa shape index (κ1) is 27.3. The molecular formula is C24H32ClFN4O4S. The number of nitrogens with zero attached hydrogens (tertiary/aromatic N) is 2. The van der Waals surface area contributed by atoms with E-state index in [9.17, 15) is 17.6 Å². The van der Waals surface area contributed by atoms with Gasteiger partial charge in [0, 0.05) is 55.4 Å². The van der Waals surface area contributed by atoms with Gasteiger partial charge in [-0.25, -0.2) is 17.5 Å². The zero-order chi connectivity index (χ0) is 25.6. The molecule has 0 bridgehead atoms. The first-order valence-corrected chi connectivity index (χ1v) is 13.5. The van der Waals surface area contributed by atoms with E-state index in [2.05, 4.69) is 16.5 Å². The van der Waals surface area contributed by atoms with Gasteiger partial charge in [-0.15, -0.1) is 0 Å². The zero-order valence-electron chi connectivity index (χ0n) is 19.9. The fraction of sp³-hybridized carbons (Fsp3) is 0.458. The molecule has 1 aliphatic rings. The molecule has 3 N–H and O–H groups in total. The highest BCUT2D eigenvalue weighted by atomic mass is 35.5. The normalized spacial score (nSPS) is 19.1. The predicted octanol–water partition coefficient (Wildman–Crippen LogP) is 2.36. The van der Waals surface area contributed by atoms with Gasteiger partial charge in [0.1, 0.15) is 11.6 Å². The summed E-state index contributed by atoms with van der Waals surface area (Å²) in [5.74, 6) is -0.225. The van der Waals surface area contributed by atoms with E-state index in [1.807, 2.05) is 6.92 Å². The number of piperazine rings is 1. The van der Waals surface area contributed by atoms with E-state index < -0.39 is 10.0 Å². The number of benzene rings is 2. The van der Waals surface area contributed by atoms with Crippen molar-refractivity contribution in [2.75, 3.05) is 32.0 Å². The lowest BCUT2D eigenvalue weighted by Crippen LogP contribution is -2.58. The van der Waals surface area contributed by atoms with Gasteiger partial charge in [-0.2, -0.15) is 0 Å². The Morgan fingerprint density at radius 1 is 1.17 bits per heavy atom. The molecule has 0 saturated carbocycles. The molecule has 0 radical (unpaired) electrons. The summed E-state index contributed by atoms with van der Waals surface area (Å²) in [6, 6.07) is 11.4. The third-order valence-corrected chi connectivity index (χ3v) is 7.57. The molecule has 1 saturated heterocycles. The van der Waals surface area contributed by atoms with Crippen molar-refractivity contribution < 1.29 is 22.3 Å². The Bertz CT molecular complexity index is 1120. The lowest BCUT2D eigenvalue weighted by atomic mass is 10.1. The second kappa shape index (κ2) is 12.1. The molecule has 3 rings (SSSR count). The Hall–Kier alpha value is -2.24. The minimum absolute atomic E-state index is 0.0104. The van der Waals surface area contributed by atoms with Gasteiger partial charge < -0.3 is 15.4 Å². The monoisotopic (exact) mass is 526 g/mol. The summed E-state index contributed by atoms with van der Waals surface area (Å²) in [5, 5.41) is 0.427. The second-order valence-corrected chi connectivity index (χ2v) is 11.1. The molecule has 0 unspecified atom stereocenters. The smallest absolute Gasteiger partial charge is 0.260 e. The van der Waals surface area contributed by atoms with Crippen LogP contribution < -0.4 is 15.2 Å². The highest BCUT2D eigenvalue weighted by Gasteiger charge is 2.32. The van der Waals surface area contributed by atoms with Crippen LogP contribution in [0.1, 0.15) is 25.0 Å². The topological polar surface area (TPSA) is 105 Å². The molecule has 35 heavy (non-hydrogen) atoms. The maximum atomic E-state index is 13.2. The number of amides is 1. The number of sulfonamides is 1. The van der Waals surface area contributed by atoms with Crippen molar-refractivity contribution in [2.24, 2.45) is 5.73 Å². The van der Waals surface area contributed by atoms with Gasteiger partial charge >= 0.3 is 0 Å². The SMILES string of the molecule is C[C@@H]1CN(Cc2ccc(F)cc2)[C@@H](C)CN1C(=O)COc1ccc(Cl)cc1CNS(=O)(=O)CCN. The van der Waals surface area contributed by atoms with Crippen LogP contribution in [0, 0.1) is 5.82 Å². The van der Waals surface area contributed by atoms with E-state index in [0.717, 1.165) is 5.56 Å². The van der Waals surface area contributed by atoms with E-state index in [1.54, 1.807) is 35.2 Å². The molecule has 11 heteroatoms. The van der Waals surface area contributed by atoms with E-state index in [1.165, 1.54) is 12.1 Å². The molecule has 1 heterocycles.